The molecule has 0 bridgehead atoms. The number of alkyl halides is 6. The molecule has 0 amide bonds. The van der Waals surface area contributed by atoms with Crippen LogP contribution in [0.15, 0.2) is 40.9 Å². The van der Waals surface area contributed by atoms with E-state index in [0.717, 1.165) is 11.3 Å². The highest BCUT2D eigenvalue weighted by molar-refractivity contribution is 5.92. The van der Waals surface area contributed by atoms with E-state index in [-0.39, 0.29) is 0 Å². The normalized spacial score (nSPS) is 11.2. The van der Waals surface area contributed by atoms with Gasteiger partial charge in [0.25, 0.3) is 0 Å². The Labute approximate surface area is 173 Å². The average molecular weight is 460 g/mol. The van der Waals surface area contributed by atoms with Crippen LogP contribution in [0.3, 0.4) is 0 Å². The number of carbonyl (C=O) groups is 2. The van der Waals surface area contributed by atoms with Crippen LogP contribution < -0.4 is 16.8 Å². The van der Waals surface area contributed by atoms with Crippen LogP contribution in [0.25, 0.3) is 0 Å². The number of carboxylic acids is 2. The monoisotopic (exact) mass is 460 g/mol. The van der Waals surface area contributed by atoms with Crippen LogP contribution in [0.2, 0.25) is 0 Å². The lowest BCUT2D eigenvalue weighted by Crippen LogP contribution is -2.22. The van der Waals surface area contributed by atoms with Gasteiger partial charge in [-0.05, 0) is 31.5 Å². The Balaban J connectivity index is 0. The van der Waals surface area contributed by atoms with Gasteiger partial charge in [0.15, 0.2) is 5.96 Å². The molecule has 0 aromatic heterocycles. The fourth-order valence-electron chi connectivity index (χ4n) is 1.24. The first-order chi connectivity index (χ1) is 14.0. The molecule has 0 spiro atoms. The highest BCUT2D eigenvalue weighted by Gasteiger charge is 2.38. The van der Waals surface area contributed by atoms with Crippen molar-refractivity contribution in [2.45, 2.75) is 32.7 Å². The van der Waals surface area contributed by atoms with E-state index in [1.807, 2.05) is 44.2 Å². The second-order valence-corrected chi connectivity index (χ2v) is 5.64. The number of allylic oxidation sites excluding steroid dienone is 1. The summed E-state index contributed by atoms with van der Waals surface area (Å²) < 4.78 is 63.5. The number of hydrogen-bond acceptors (Lipinski definition) is 4. The molecule has 0 saturated carbocycles. The van der Waals surface area contributed by atoms with E-state index in [2.05, 4.69) is 10.3 Å². The van der Waals surface area contributed by atoms with Crippen molar-refractivity contribution in [3.63, 3.8) is 0 Å². The first-order valence-corrected chi connectivity index (χ1v) is 8.10. The van der Waals surface area contributed by atoms with Crippen molar-refractivity contribution in [2.24, 2.45) is 16.5 Å². The molecule has 176 valence electrons. The fourth-order valence-corrected chi connectivity index (χ4v) is 1.24. The van der Waals surface area contributed by atoms with E-state index in [9.17, 15) is 26.3 Å². The largest absolute Gasteiger partial charge is 0.490 e. The van der Waals surface area contributed by atoms with Crippen LogP contribution in [0.1, 0.15) is 19.4 Å². The molecule has 0 aliphatic rings. The molecule has 1 rings (SSSR count). The molecule has 0 aliphatic heterocycles. The summed E-state index contributed by atoms with van der Waals surface area (Å²) in [5.41, 5.74) is 14.5. The molecule has 0 fully saturated rings. The van der Waals surface area contributed by atoms with Crippen molar-refractivity contribution in [3.05, 3.63) is 41.5 Å². The smallest absolute Gasteiger partial charge is 0.475 e. The van der Waals surface area contributed by atoms with Gasteiger partial charge in [0.2, 0.25) is 0 Å². The third kappa shape index (κ3) is 17.3. The van der Waals surface area contributed by atoms with Gasteiger partial charge in [-0.2, -0.15) is 26.3 Å². The Bertz CT molecular complexity index is 731. The number of benzene rings is 1. The number of nitrogens with zero attached hydrogens (tertiary/aromatic N) is 1. The molecule has 14 heteroatoms. The van der Waals surface area contributed by atoms with Crippen LogP contribution >= 0.6 is 0 Å². The number of carboxylic acid groups (broad SMARTS) is 2. The maximum atomic E-state index is 10.6. The number of hydrogen-bond donors (Lipinski definition) is 5. The maximum absolute atomic E-state index is 10.6. The van der Waals surface area contributed by atoms with Crippen molar-refractivity contribution in [1.82, 2.24) is 0 Å². The molecule has 0 atom stereocenters. The summed E-state index contributed by atoms with van der Waals surface area (Å²) in [6, 6.07) is 7.80. The quantitative estimate of drug-likeness (QED) is 0.200. The molecule has 7 N–H and O–H groups in total. The van der Waals surface area contributed by atoms with Crippen LogP contribution in [0.5, 0.6) is 0 Å². The minimum atomic E-state index is -5.08. The Hall–Kier alpha value is -3.29. The average Bonchev–Trinajstić information content (AvgIpc) is 2.61. The third-order valence-electron chi connectivity index (χ3n) is 2.71. The highest BCUT2D eigenvalue weighted by atomic mass is 19.4. The second kappa shape index (κ2) is 13.8. The first kappa shape index (κ1) is 29.9. The number of anilines is 1. The SMILES string of the molecule is CC(C)=CCN=C(N)Nc1ccc(CN)cc1.O=C(O)C(F)(F)F.O=C(O)C(F)(F)F. The van der Waals surface area contributed by atoms with Crippen LogP contribution in [0, 0.1) is 0 Å². The van der Waals surface area contributed by atoms with Crippen molar-refractivity contribution < 1.29 is 46.1 Å². The topological polar surface area (TPSA) is 151 Å². The van der Waals surface area contributed by atoms with Gasteiger partial charge in [0.1, 0.15) is 0 Å². The van der Waals surface area contributed by atoms with Gasteiger partial charge >= 0.3 is 24.3 Å². The molecule has 0 unspecified atom stereocenters. The lowest BCUT2D eigenvalue weighted by atomic mass is 10.2. The van der Waals surface area contributed by atoms with Gasteiger partial charge in [-0.1, -0.05) is 23.8 Å². The van der Waals surface area contributed by atoms with Crippen LogP contribution in [0.4, 0.5) is 32.0 Å². The van der Waals surface area contributed by atoms with Crippen molar-refractivity contribution >= 4 is 23.6 Å². The summed E-state index contributed by atoms with van der Waals surface area (Å²) in [5, 5.41) is 17.3. The van der Waals surface area contributed by atoms with E-state index in [0.29, 0.717) is 19.0 Å². The molecule has 0 radical (unpaired) electrons. The molecular formula is C17H22F6N4O4. The third-order valence-corrected chi connectivity index (χ3v) is 2.71. The van der Waals surface area contributed by atoms with Crippen molar-refractivity contribution in [3.8, 4) is 0 Å². The number of aliphatic imine (C=N–C) groups is 1. The molecule has 1 aromatic carbocycles. The van der Waals surface area contributed by atoms with Gasteiger partial charge in [-0.15, -0.1) is 0 Å². The predicted molar refractivity (Wildman–Crippen MR) is 101 cm³/mol. The van der Waals surface area contributed by atoms with Crippen LogP contribution in [-0.4, -0.2) is 47.0 Å². The molecule has 31 heavy (non-hydrogen) atoms. The second-order valence-electron chi connectivity index (χ2n) is 5.64. The molecule has 0 saturated heterocycles. The fraction of sp³-hybridized carbons (Fsp3) is 0.353. The zero-order chi connectivity index (χ0) is 24.8. The number of nitrogens with one attached hydrogen (secondary N) is 1. The van der Waals surface area contributed by atoms with Gasteiger partial charge in [-0.3, -0.25) is 0 Å². The van der Waals surface area contributed by atoms with E-state index in [4.69, 9.17) is 31.3 Å². The summed E-state index contributed by atoms with van der Waals surface area (Å²) in [4.78, 5) is 22.0. The lowest BCUT2D eigenvalue weighted by molar-refractivity contribution is -0.193. The summed E-state index contributed by atoms with van der Waals surface area (Å²) in [7, 11) is 0. The summed E-state index contributed by atoms with van der Waals surface area (Å²) >= 11 is 0. The van der Waals surface area contributed by atoms with Gasteiger partial charge in [-0.25, -0.2) is 14.6 Å². The number of guanidine groups is 1. The van der Waals surface area contributed by atoms with E-state index in [1.54, 1.807) is 0 Å². The summed E-state index contributed by atoms with van der Waals surface area (Å²) in [6.07, 6.45) is -8.15. The standard InChI is InChI=1S/C13H20N4.2C2HF3O2/c1-10(2)7-8-16-13(15)17-12-5-3-11(9-14)4-6-12;2*3-2(4,5)1(6)7/h3-7H,8-9,14H2,1-2H3,(H3,15,16,17);2*(H,6,7). The van der Waals surface area contributed by atoms with Crippen molar-refractivity contribution in [1.29, 1.82) is 0 Å². The predicted octanol–water partition coefficient (Wildman–Crippen LogP) is 3.10. The van der Waals surface area contributed by atoms with E-state index in [1.165, 1.54) is 5.57 Å². The van der Waals surface area contributed by atoms with E-state index >= 15 is 0 Å². The zero-order valence-corrected chi connectivity index (χ0v) is 16.4. The zero-order valence-electron chi connectivity index (χ0n) is 16.4. The van der Waals surface area contributed by atoms with Gasteiger partial charge < -0.3 is 27.0 Å². The number of aliphatic carboxylic acids is 2. The van der Waals surface area contributed by atoms with Crippen molar-refractivity contribution in [2.75, 3.05) is 11.9 Å². The molecule has 8 nitrogen and oxygen atoms in total. The summed E-state index contributed by atoms with van der Waals surface area (Å²) in [5.74, 6) is -5.09. The van der Waals surface area contributed by atoms with Gasteiger partial charge in [0.05, 0.1) is 6.54 Å². The number of nitrogens with two attached hydrogens (primary N) is 2. The maximum Gasteiger partial charge on any atom is 0.490 e. The summed E-state index contributed by atoms with van der Waals surface area (Å²) in [6.45, 7) is 5.21. The van der Waals surface area contributed by atoms with E-state index < -0.39 is 24.3 Å². The molecule has 0 heterocycles. The Morgan fingerprint density at radius 1 is 1.00 bits per heavy atom. The Kier molecular flexibility index (Phi) is 13.4. The molecule has 0 aliphatic carbocycles. The van der Waals surface area contributed by atoms with Gasteiger partial charge in [0, 0.05) is 12.2 Å². The Morgan fingerprint density at radius 3 is 1.68 bits per heavy atom. The number of halogens is 6. The first-order valence-electron chi connectivity index (χ1n) is 8.10. The Morgan fingerprint density at radius 2 is 1.39 bits per heavy atom. The highest BCUT2D eigenvalue weighted by Crippen LogP contribution is 2.13. The lowest BCUT2D eigenvalue weighted by Gasteiger charge is -2.05. The minimum Gasteiger partial charge on any atom is -0.475 e. The minimum absolute atomic E-state index is 0.419. The molecular weight excluding hydrogens is 438 g/mol. The number of rotatable bonds is 4. The van der Waals surface area contributed by atoms with Crippen LogP contribution in [-0.2, 0) is 16.1 Å². The molecule has 1 aromatic rings.